The Kier molecular flexibility index (Phi) is 10.1. The molecule has 0 bridgehead atoms. The van der Waals surface area contributed by atoms with E-state index in [-0.39, 0.29) is 13.2 Å². The van der Waals surface area contributed by atoms with Crippen LogP contribution in [0.15, 0.2) is 206 Å². The summed E-state index contributed by atoms with van der Waals surface area (Å²) in [6.07, 6.45) is 0. The standard InChI is InChI=1S/C50H40N2O2/c53-35-37-11-23-45(24-12-37)51(47-27-15-41(16-28-47)39-7-3-1-4-8-39)49-31-19-43(20-32-49)44-21-33-50(34-22-44)52(46-25-13-38(36-54)14-26-46)48-29-17-42(18-30-48)40-9-5-2-6-10-40/h1-34,53-54H,35-36H2. The molecular weight excluding hydrogens is 661 g/mol. The zero-order valence-electron chi connectivity index (χ0n) is 29.8. The first-order chi connectivity index (χ1) is 26.7. The molecule has 0 saturated carbocycles. The Labute approximate surface area is 317 Å². The van der Waals surface area contributed by atoms with Crippen molar-refractivity contribution >= 4 is 34.1 Å². The summed E-state index contributed by atoms with van der Waals surface area (Å²) in [7, 11) is 0. The lowest BCUT2D eigenvalue weighted by Crippen LogP contribution is -2.10. The Morgan fingerprint density at radius 3 is 0.667 bits per heavy atom. The molecular formula is C50H40N2O2. The molecule has 0 aliphatic carbocycles. The first-order valence-corrected chi connectivity index (χ1v) is 18.2. The molecule has 54 heavy (non-hydrogen) atoms. The van der Waals surface area contributed by atoms with Gasteiger partial charge in [0.25, 0.3) is 0 Å². The first-order valence-electron chi connectivity index (χ1n) is 18.2. The highest BCUT2D eigenvalue weighted by Gasteiger charge is 2.16. The summed E-state index contributed by atoms with van der Waals surface area (Å²) in [5.74, 6) is 0. The van der Waals surface area contributed by atoms with E-state index in [1.54, 1.807) is 0 Å². The van der Waals surface area contributed by atoms with Crippen LogP contribution in [-0.2, 0) is 13.2 Å². The molecule has 0 aromatic heterocycles. The van der Waals surface area contributed by atoms with Crippen LogP contribution in [0.5, 0.6) is 0 Å². The second-order valence-electron chi connectivity index (χ2n) is 13.2. The number of benzene rings is 8. The molecule has 8 aromatic rings. The second-order valence-corrected chi connectivity index (χ2v) is 13.2. The molecule has 0 atom stereocenters. The minimum atomic E-state index is 0.00777. The quantitative estimate of drug-likeness (QED) is 0.141. The zero-order chi connectivity index (χ0) is 36.7. The van der Waals surface area contributed by atoms with Gasteiger partial charge in [-0.25, -0.2) is 0 Å². The summed E-state index contributed by atoms with van der Waals surface area (Å²) >= 11 is 0. The Morgan fingerprint density at radius 2 is 0.444 bits per heavy atom. The summed E-state index contributed by atoms with van der Waals surface area (Å²) < 4.78 is 0. The molecule has 4 nitrogen and oxygen atoms in total. The van der Waals surface area contributed by atoms with Gasteiger partial charge in [-0.1, -0.05) is 133 Å². The van der Waals surface area contributed by atoms with Crippen LogP contribution < -0.4 is 9.80 Å². The lowest BCUT2D eigenvalue weighted by molar-refractivity contribution is 0.281. The van der Waals surface area contributed by atoms with E-state index in [1.807, 2.05) is 36.4 Å². The summed E-state index contributed by atoms with van der Waals surface area (Å²) in [5.41, 5.74) is 14.9. The fraction of sp³-hybridized carbons (Fsp3) is 0.0400. The van der Waals surface area contributed by atoms with Gasteiger partial charge in [0.2, 0.25) is 0 Å². The van der Waals surface area contributed by atoms with E-state index >= 15 is 0 Å². The zero-order valence-corrected chi connectivity index (χ0v) is 29.8. The van der Waals surface area contributed by atoms with Crippen molar-refractivity contribution in [3.05, 3.63) is 217 Å². The van der Waals surface area contributed by atoms with Gasteiger partial charge in [-0.2, -0.15) is 0 Å². The molecule has 0 fully saturated rings. The van der Waals surface area contributed by atoms with E-state index in [1.165, 1.54) is 22.3 Å². The van der Waals surface area contributed by atoms with Gasteiger partial charge in [-0.15, -0.1) is 0 Å². The van der Waals surface area contributed by atoms with Gasteiger partial charge in [-0.3, -0.25) is 0 Å². The van der Waals surface area contributed by atoms with Gasteiger partial charge in [-0.05, 0) is 117 Å². The van der Waals surface area contributed by atoms with Crippen LogP contribution in [0.3, 0.4) is 0 Å². The lowest BCUT2D eigenvalue weighted by Gasteiger charge is -2.26. The van der Waals surface area contributed by atoms with E-state index in [9.17, 15) is 10.2 Å². The number of anilines is 6. The van der Waals surface area contributed by atoms with Gasteiger partial charge in [0, 0.05) is 34.1 Å². The summed E-state index contributed by atoms with van der Waals surface area (Å²) in [6.45, 7) is 0.0155. The van der Waals surface area contributed by atoms with Crippen molar-refractivity contribution in [1.29, 1.82) is 0 Å². The van der Waals surface area contributed by atoms with E-state index in [4.69, 9.17) is 0 Å². The van der Waals surface area contributed by atoms with Crippen LogP contribution in [-0.4, -0.2) is 10.2 Å². The van der Waals surface area contributed by atoms with Crippen LogP contribution in [0.1, 0.15) is 11.1 Å². The van der Waals surface area contributed by atoms with Crippen molar-refractivity contribution in [2.45, 2.75) is 13.2 Å². The molecule has 0 radical (unpaired) electrons. The van der Waals surface area contributed by atoms with Crippen molar-refractivity contribution < 1.29 is 10.2 Å². The van der Waals surface area contributed by atoms with Gasteiger partial charge >= 0.3 is 0 Å². The van der Waals surface area contributed by atoms with E-state index in [0.717, 1.165) is 56.4 Å². The average molecular weight is 701 g/mol. The van der Waals surface area contributed by atoms with E-state index in [2.05, 4.69) is 180 Å². The molecule has 0 amide bonds. The smallest absolute Gasteiger partial charge is 0.0681 e. The maximum absolute atomic E-state index is 9.69. The number of hydrogen-bond acceptors (Lipinski definition) is 4. The molecule has 8 rings (SSSR count). The Morgan fingerprint density at radius 1 is 0.241 bits per heavy atom. The van der Waals surface area contributed by atoms with Crippen molar-refractivity contribution in [2.24, 2.45) is 0 Å². The maximum atomic E-state index is 9.69. The van der Waals surface area contributed by atoms with Crippen LogP contribution in [0.2, 0.25) is 0 Å². The van der Waals surface area contributed by atoms with Crippen LogP contribution in [0.4, 0.5) is 34.1 Å². The number of aliphatic hydroxyl groups is 2. The van der Waals surface area contributed by atoms with Crippen LogP contribution >= 0.6 is 0 Å². The minimum Gasteiger partial charge on any atom is -0.392 e. The number of rotatable bonds is 11. The van der Waals surface area contributed by atoms with Gasteiger partial charge in [0.05, 0.1) is 13.2 Å². The predicted molar refractivity (Wildman–Crippen MR) is 224 cm³/mol. The third-order valence-electron chi connectivity index (χ3n) is 9.80. The molecule has 0 aliphatic heterocycles. The molecule has 262 valence electrons. The highest BCUT2D eigenvalue weighted by molar-refractivity contribution is 5.82. The molecule has 0 unspecified atom stereocenters. The highest BCUT2D eigenvalue weighted by atomic mass is 16.3. The normalized spacial score (nSPS) is 10.9. The summed E-state index contributed by atoms with van der Waals surface area (Å²) in [5, 5.41) is 19.4. The molecule has 2 N–H and O–H groups in total. The second kappa shape index (κ2) is 15.9. The van der Waals surface area contributed by atoms with Gasteiger partial charge in [0.15, 0.2) is 0 Å². The minimum absolute atomic E-state index is 0.00777. The van der Waals surface area contributed by atoms with Crippen molar-refractivity contribution in [2.75, 3.05) is 9.80 Å². The Bertz CT molecular complexity index is 2220. The topological polar surface area (TPSA) is 46.9 Å². The Balaban J connectivity index is 1.09. The predicted octanol–water partition coefficient (Wildman–Crippen LogP) is 12.6. The van der Waals surface area contributed by atoms with Crippen molar-refractivity contribution in [3.63, 3.8) is 0 Å². The first kappa shape index (κ1) is 34.4. The fourth-order valence-corrected chi connectivity index (χ4v) is 6.87. The third-order valence-corrected chi connectivity index (χ3v) is 9.80. The molecule has 0 heterocycles. The average Bonchev–Trinajstić information content (AvgIpc) is 3.26. The number of nitrogens with zero attached hydrogens (tertiary/aromatic N) is 2. The lowest BCUT2D eigenvalue weighted by atomic mass is 10.0. The van der Waals surface area contributed by atoms with Crippen molar-refractivity contribution in [1.82, 2.24) is 0 Å². The van der Waals surface area contributed by atoms with E-state index < -0.39 is 0 Å². The van der Waals surface area contributed by atoms with Crippen molar-refractivity contribution in [3.8, 4) is 33.4 Å². The molecule has 8 aromatic carbocycles. The van der Waals surface area contributed by atoms with E-state index in [0.29, 0.717) is 0 Å². The number of hydrogen-bond donors (Lipinski definition) is 2. The van der Waals surface area contributed by atoms with Gasteiger partial charge in [0.1, 0.15) is 0 Å². The largest absolute Gasteiger partial charge is 0.392 e. The Hall–Kier alpha value is -6.72. The monoisotopic (exact) mass is 700 g/mol. The SMILES string of the molecule is OCc1ccc(N(c2ccc(-c3ccccc3)cc2)c2ccc(-c3ccc(N(c4ccc(CO)cc4)c4ccc(-c5ccccc5)cc4)cc3)cc2)cc1. The maximum Gasteiger partial charge on any atom is 0.0681 e. The summed E-state index contributed by atoms with van der Waals surface area (Å²) in [4.78, 5) is 4.48. The molecule has 0 spiro atoms. The fourth-order valence-electron chi connectivity index (χ4n) is 6.87. The molecule has 0 aliphatic rings. The molecule has 0 saturated heterocycles. The third kappa shape index (κ3) is 7.43. The number of aliphatic hydroxyl groups excluding tert-OH is 2. The highest BCUT2D eigenvalue weighted by Crippen LogP contribution is 2.39. The summed E-state index contributed by atoms with van der Waals surface area (Å²) in [6, 6.07) is 71.6. The van der Waals surface area contributed by atoms with Crippen LogP contribution in [0, 0.1) is 0 Å². The van der Waals surface area contributed by atoms with Gasteiger partial charge < -0.3 is 20.0 Å². The van der Waals surface area contributed by atoms with Crippen LogP contribution in [0.25, 0.3) is 33.4 Å². The molecule has 4 heteroatoms.